The first kappa shape index (κ1) is 14.8. The highest BCUT2D eigenvalue weighted by Crippen LogP contribution is 2.12. The summed E-state index contributed by atoms with van der Waals surface area (Å²) < 4.78 is 0. The minimum atomic E-state index is -0.458. The van der Waals surface area contributed by atoms with Gasteiger partial charge >= 0.3 is 0 Å². The molecule has 1 amide bonds. The summed E-state index contributed by atoms with van der Waals surface area (Å²) in [6, 6.07) is 6.02. The summed E-state index contributed by atoms with van der Waals surface area (Å²) in [4.78, 5) is 21.5. The van der Waals surface area contributed by atoms with Crippen LogP contribution in [0.2, 0.25) is 0 Å². The van der Waals surface area contributed by atoms with Gasteiger partial charge in [-0.05, 0) is 30.5 Å². The van der Waals surface area contributed by atoms with Crippen molar-refractivity contribution in [2.75, 3.05) is 0 Å². The van der Waals surface area contributed by atoms with Gasteiger partial charge in [-0.1, -0.05) is 13.8 Å². The van der Waals surface area contributed by atoms with Gasteiger partial charge in [0.15, 0.2) is 0 Å². The van der Waals surface area contributed by atoms with Crippen molar-refractivity contribution in [3.63, 3.8) is 0 Å². The Balaban J connectivity index is 2.69. The molecule has 0 aliphatic heterocycles. The Morgan fingerprint density at radius 2 is 1.95 bits per heavy atom. The number of non-ortho nitro benzene ring substituents is 1. The zero-order valence-electron chi connectivity index (χ0n) is 11.2. The molecule has 0 heterocycles. The lowest BCUT2D eigenvalue weighted by Crippen LogP contribution is -2.20. The number of carbonyl (C=O) groups excluding carboxylic acids is 1. The fourth-order valence-electron chi connectivity index (χ4n) is 1.45. The molecule has 102 valence electrons. The first-order valence-electron chi connectivity index (χ1n) is 5.98. The molecule has 19 heavy (non-hydrogen) atoms. The second kappa shape index (κ2) is 6.63. The molecule has 0 fully saturated rings. The number of nitro groups is 1. The van der Waals surface area contributed by atoms with Crippen molar-refractivity contribution in [3.05, 3.63) is 39.9 Å². The molecule has 0 saturated carbocycles. The quantitative estimate of drug-likeness (QED) is 0.503. The summed E-state index contributed by atoms with van der Waals surface area (Å²) in [5.74, 6) is 0.131. The van der Waals surface area contributed by atoms with E-state index in [0.717, 1.165) is 5.56 Å². The third-order valence-electron chi connectivity index (χ3n) is 2.44. The average molecular weight is 263 g/mol. The van der Waals surface area contributed by atoms with Crippen LogP contribution in [-0.2, 0) is 4.79 Å². The number of nitrogens with one attached hydrogen (secondary N) is 1. The van der Waals surface area contributed by atoms with Gasteiger partial charge in [0, 0.05) is 18.6 Å². The van der Waals surface area contributed by atoms with Gasteiger partial charge in [0.1, 0.15) is 0 Å². The molecular formula is C13H17N3O3. The SMILES string of the molecule is C/C(=N\NC(=O)CC(C)C)c1ccc([N+](=O)[O-])cc1. The van der Waals surface area contributed by atoms with Crippen LogP contribution in [0.1, 0.15) is 32.8 Å². The smallest absolute Gasteiger partial charge is 0.269 e. The molecule has 1 N–H and O–H groups in total. The predicted octanol–water partition coefficient (Wildman–Crippen LogP) is 2.48. The minimum Gasteiger partial charge on any atom is -0.273 e. The van der Waals surface area contributed by atoms with Crippen molar-refractivity contribution >= 4 is 17.3 Å². The number of rotatable bonds is 5. The number of hydrazone groups is 1. The second-order valence-electron chi connectivity index (χ2n) is 4.63. The molecule has 0 bridgehead atoms. The van der Waals surface area contributed by atoms with E-state index in [-0.39, 0.29) is 17.5 Å². The Kier molecular flexibility index (Phi) is 5.17. The molecule has 6 nitrogen and oxygen atoms in total. The van der Waals surface area contributed by atoms with Crippen LogP contribution in [0.5, 0.6) is 0 Å². The molecule has 1 rings (SSSR count). The summed E-state index contributed by atoms with van der Waals surface area (Å²) >= 11 is 0. The van der Waals surface area contributed by atoms with Crippen molar-refractivity contribution < 1.29 is 9.72 Å². The van der Waals surface area contributed by atoms with Crippen LogP contribution < -0.4 is 5.43 Å². The first-order chi connectivity index (χ1) is 8.90. The Labute approximate surface area is 111 Å². The summed E-state index contributed by atoms with van der Waals surface area (Å²) in [6.07, 6.45) is 0.414. The van der Waals surface area contributed by atoms with E-state index in [0.29, 0.717) is 12.1 Å². The van der Waals surface area contributed by atoms with Crippen LogP contribution in [0, 0.1) is 16.0 Å². The van der Waals surface area contributed by atoms with Gasteiger partial charge in [-0.25, -0.2) is 5.43 Å². The van der Waals surface area contributed by atoms with E-state index in [9.17, 15) is 14.9 Å². The molecule has 0 aromatic heterocycles. The van der Waals surface area contributed by atoms with Crippen LogP contribution in [0.4, 0.5) is 5.69 Å². The van der Waals surface area contributed by atoms with Crippen molar-refractivity contribution in [1.82, 2.24) is 5.43 Å². The van der Waals surface area contributed by atoms with E-state index in [2.05, 4.69) is 10.5 Å². The average Bonchev–Trinajstić information content (AvgIpc) is 2.35. The van der Waals surface area contributed by atoms with Gasteiger partial charge in [-0.2, -0.15) is 5.10 Å². The van der Waals surface area contributed by atoms with Gasteiger partial charge in [0.2, 0.25) is 5.91 Å². The van der Waals surface area contributed by atoms with Crippen LogP contribution in [0.25, 0.3) is 0 Å². The molecule has 0 saturated heterocycles. The van der Waals surface area contributed by atoms with Crippen LogP contribution in [0.15, 0.2) is 29.4 Å². The fourth-order valence-corrected chi connectivity index (χ4v) is 1.45. The monoisotopic (exact) mass is 263 g/mol. The van der Waals surface area contributed by atoms with Crippen molar-refractivity contribution in [3.8, 4) is 0 Å². The van der Waals surface area contributed by atoms with Gasteiger partial charge in [-0.3, -0.25) is 14.9 Å². The number of benzene rings is 1. The third kappa shape index (κ3) is 4.87. The third-order valence-corrected chi connectivity index (χ3v) is 2.44. The van der Waals surface area contributed by atoms with E-state index < -0.39 is 4.92 Å². The van der Waals surface area contributed by atoms with Crippen molar-refractivity contribution in [1.29, 1.82) is 0 Å². The summed E-state index contributed by atoms with van der Waals surface area (Å²) in [5, 5.41) is 14.5. The van der Waals surface area contributed by atoms with Gasteiger partial charge < -0.3 is 0 Å². The molecule has 0 unspecified atom stereocenters. The predicted molar refractivity (Wildman–Crippen MR) is 72.9 cm³/mol. The van der Waals surface area contributed by atoms with Crippen LogP contribution in [-0.4, -0.2) is 16.5 Å². The van der Waals surface area contributed by atoms with Crippen LogP contribution in [0.3, 0.4) is 0 Å². The molecular weight excluding hydrogens is 246 g/mol. The molecule has 0 atom stereocenters. The molecule has 1 aromatic rings. The Morgan fingerprint density at radius 1 is 1.37 bits per heavy atom. The number of nitro benzene ring substituents is 1. The van der Waals surface area contributed by atoms with Gasteiger partial charge in [-0.15, -0.1) is 0 Å². The van der Waals surface area contributed by atoms with E-state index in [4.69, 9.17) is 0 Å². The first-order valence-corrected chi connectivity index (χ1v) is 5.98. The zero-order chi connectivity index (χ0) is 14.4. The lowest BCUT2D eigenvalue weighted by atomic mass is 10.1. The van der Waals surface area contributed by atoms with Crippen LogP contribution >= 0.6 is 0 Å². The minimum absolute atomic E-state index is 0.0281. The highest BCUT2D eigenvalue weighted by atomic mass is 16.6. The summed E-state index contributed by atoms with van der Waals surface area (Å²) in [5.41, 5.74) is 3.83. The topological polar surface area (TPSA) is 84.6 Å². The highest BCUT2D eigenvalue weighted by Gasteiger charge is 2.06. The van der Waals surface area contributed by atoms with E-state index in [1.165, 1.54) is 12.1 Å². The Bertz CT molecular complexity index is 492. The molecule has 0 aliphatic rings. The number of nitrogens with zero attached hydrogens (tertiary/aromatic N) is 2. The molecule has 0 radical (unpaired) electrons. The van der Waals surface area contributed by atoms with Gasteiger partial charge in [0.05, 0.1) is 10.6 Å². The molecule has 0 spiro atoms. The van der Waals surface area contributed by atoms with Crippen molar-refractivity contribution in [2.24, 2.45) is 11.0 Å². The Morgan fingerprint density at radius 3 is 2.42 bits per heavy atom. The largest absolute Gasteiger partial charge is 0.273 e. The molecule has 0 aliphatic carbocycles. The van der Waals surface area contributed by atoms with E-state index in [1.807, 2.05) is 13.8 Å². The van der Waals surface area contributed by atoms with E-state index in [1.54, 1.807) is 19.1 Å². The summed E-state index contributed by atoms with van der Waals surface area (Å²) in [7, 11) is 0. The number of carbonyl (C=O) groups is 1. The maximum Gasteiger partial charge on any atom is 0.269 e. The second-order valence-corrected chi connectivity index (χ2v) is 4.63. The number of amides is 1. The summed E-state index contributed by atoms with van der Waals surface area (Å²) in [6.45, 7) is 5.63. The highest BCUT2D eigenvalue weighted by molar-refractivity contribution is 5.99. The fraction of sp³-hybridized carbons (Fsp3) is 0.385. The van der Waals surface area contributed by atoms with Gasteiger partial charge in [0.25, 0.3) is 5.69 Å². The lowest BCUT2D eigenvalue weighted by molar-refractivity contribution is -0.384. The number of hydrogen-bond donors (Lipinski definition) is 1. The maximum atomic E-state index is 11.4. The van der Waals surface area contributed by atoms with Crippen molar-refractivity contribution in [2.45, 2.75) is 27.2 Å². The maximum absolute atomic E-state index is 11.4. The number of hydrogen-bond acceptors (Lipinski definition) is 4. The Hall–Kier alpha value is -2.24. The normalized spacial score (nSPS) is 11.5. The van der Waals surface area contributed by atoms with E-state index >= 15 is 0 Å². The lowest BCUT2D eigenvalue weighted by Gasteiger charge is -2.04. The zero-order valence-corrected chi connectivity index (χ0v) is 11.2. The molecule has 6 heteroatoms. The molecule has 1 aromatic carbocycles. The standard InChI is InChI=1S/C13H17N3O3/c1-9(2)8-13(17)15-14-10(3)11-4-6-12(7-5-11)16(18)19/h4-7,9H,8H2,1-3H3,(H,15,17)/b14-10+.